The van der Waals surface area contributed by atoms with Gasteiger partial charge in [0.1, 0.15) is 5.75 Å². The summed E-state index contributed by atoms with van der Waals surface area (Å²) in [7, 11) is 0. The van der Waals surface area contributed by atoms with Crippen molar-refractivity contribution in [3.05, 3.63) is 35.9 Å². The first-order valence-electron chi connectivity index (χ1n) is 4.43. The van der Waals surface area contributed by atoms with Crippen molar-refractivity contribution in [2.75, 3.05) is 5.32 Å². The zero-order chi connectivity index (χ0) is 12.3. The van der Waals surface area contributed by atoms with E-state index in [-0.39, 0.29) is 40.8 Å². The molecule has 0 aliphatic carbocycles. The van der Waals surface area contributed by atoms with Gasteiger partial charge in [-0.25, -0.2) is 0 Å². The Kier molecular flexibility index (Phi) is 5.95. The van der Waals surface area contributed by atoms with Crippen LogP contribution in [0.4, 0.5) is 5.69 Å². The van der Waals surface area contributed by atoms with Crippen molar-refractivity contribution in [3.63, 3.8) is 0 Å². The van der Waals surface area contributed by atoms with Gasteiger partial charge in [0.2, 0.25) is 0 Å². The number of hydrogen-bond acceptors (Lipinski definition) is 4. The standard InChI is InChI=1S/C11H11NO4.Na/c1-6(2)10(14)12-7-3-4-8(11(15)16)9(13)5-7;/h3-5,13H,1H2,2H3,(H,12,14)(H,15,16);/q;+1/p-1. The number of phenols is 1. The van der Waals surface area contributed by atoms with E-state index in [0.29, 0.717) is 5.57 Å². The van der Waals surface area contributed by atoms with Crippen LogP contribution in [0.15, 0.2) is 30.4 Å². The molecule has 0 spiro atoms. The van der Waals surface area contributed by atoms with Crippen LogP contribution in [0, 0.1) is 0 Å². The smallest absolute Gasteiger partial charge is 0.545 e. The van der Waals surface area contributed by atoms with Crippen molar-refractivity contribution in [1.82, 2.24) is 0 Å². The third kappa shape index (κ3) is 4.22. The monoisotopic (exact) mass is 243 g/mol. The third-order valence-corrected chi connectivity index (χ3v) is 1.86. The molecule has 2 N–H and O–H groups in total. The molecule has 5 nitrogen and oxygen atoms in total. The summed E-state index contributed by atoms with van der Waals surface area (Å²) in [6.45, 7) is 4.97. The summed E-state index contributed by atoms with van der Waals surface area (Å²) in [6, 6.07) is 3.64. The molecule has 0 aliphatic rings. The Balaban J connectivity index is 0.00000256. The van der Waals surface area contributed by atoms with Gasteiger partial charge in [0.05, 0.1) is 5.97 Å². The molecule has 0 saturated heterocycles. The zero-order valence-electron chi connectivity index (χ0n) is 9.61. The van der Waals surface area contributed by atoms with Crippen molar-refractivity contribution in [2.24, 2.45) is 0 Å². The maximum Gasteiger partial charge on any atom is 1.00 e. The fraction of sp³-hybridized carbons (Fsp3) is 0.0909. The molecule has 0 aliphatic heterocycles. The first kappa shape index (κ1) is 15.7. The number of rotatable bonds is 3. The van der Waals surface area contributed by atoms with Gasteiger partial charge in [0.15, 0.2) is 0 Å². The molecule has 0 atom stereocenters. The SMILES string of the molecule is C=C(C)C(=O)Nc1ccc(C(=O)[O-])c(O)c1.[Na+]. The van der Waals surface area contributed by atoms with E-state index in [1.807, 2.05) is 0 Å². The average Bonchev–Trinajstić information content (AvgIpc) is 2.16. The third-order valence-electron chi connectivity index (χ3n) is 1.86. The van der Waals surface area contributed by atoms with E-state index in [1.165, 1.54) is 13.0 Å². The molecule has 0 saturated carbocycles. The number of benzene rings is 1. The molecule has 0 bridgehead atoms. The number of carbonyl (C=O) groups is 2. The van der Waals surface area contributed by atoms with Gasteiger partial charge in [0, 0.05) is 22.9 Å². The topological polar surface area (TPSA) is 89.5 Å². The van der Waals surface area contributed by atoms with Crippen molar-refractivity contribution in [2.45, 2.75) is 6.92 Å². The Morgan fingerprint density at radius 1 is 1.41 bits per heavy atom. The quantitative estimate of drug-likeness (QED) is 0.445. The van der Waals surface area contributed by atoms with Crippen LogP contribution in [0.25, 0.3) is 0 Å². The maximum atomic E-state index is 11.2. The minimum absolute atomic E-state index is 0. The molecule has 0 unspecified atom stereocenters. The molecule has 6 heteroatoms. The van der Waals surface area contributed by atoms with E-state index in [0.717, 1.165) is 12.1 Å². The predicted molar refractivity (Wildman–Crippen MR) is 55.9 cm³/mol. The van der Waals surface area contributed by atoms with Crippen LogP contribution in [0.3, 0.4) is 0 Å². The fourth-order valence-corrected chi connectivity index (χ4v) is 1.02. The maximum absolute atomic E-state index is 11.2. The molecule has 1 aromatic rings. The Bertz CT molecular complexity index is 471. The van der Waals surface area contributed by atoms with Crippen LogP contribution in [-0.2, 0) is 4.79 Å². The van der Waals surface area contributed by atoms with Crippen LogP contribution < -0.4 is 40.0 Å². The van der Waals surface area contributed by atoms with Crippen LogP contribution >= 0.6 is 0 Å². The van der Waals surface area contributed by atoms with Gasteiger partial charge in [-0.3, -0.25) is 4.79 Å². The number of aromatic hydroxyl groups is 1. The molecule has 0 heterocycles. The first-order valence-corrected chi connectivity index (χ1v) is 4.43. The summed E-state index contributed by atoms with van der Waals surface area (Å²) in [5.41, 5.74) is 0.271. The Labute approximate surface area is 120 Å². The number of anilines is 1. The number of hydrogen-bond donors (Lipinski definition) is 2. The summed E-state index contributed by atoms with van der Waals surface area (Å²) in [6.07, 6.45) is 0. The van der Waals surface area contributed by atoms with Crippen molar-refractivity contribution >= 4 is 17.6 Å². The molecular weight excluding hydrogens is 233 g/mol. The Morgan fingerprint density at radius 3 is 2.41 bits per heavy atom. The number of carbonyl (C=O) groups excluding carboxylic acids is 2. The van der Waals surface area contributed by atoms with Gasteiger partial charge in [-0.15, -0.1) is 0 Å². The van der Waals surface area contributed by atoms with E-state index < -0.39 is 17.6 Å². The first-order chi connectivity index (χ1) is 7.41. The predicted octanol–water partition coefficient (Wildman–Crippen LogP) is -2.73. The normalized spacial score (nSPS) is 9.00. The second-order valence-corrected chi connectivity index (χ2v) is 3.25. The number of carboxylic acids is 1. The fourth-order valence-electron chi connectivity index (χ4n) is 1.02. The Hall–Kier alpha value is -1.30. The number of amides is 1. The summed E-state index contributed by atoms with van der Waals surface area (Å²) < 4.78 is 0. The van der Waals surface area contributed by atoms with Crippen LogP contribution in [0.2, 0.25) is 0 Å². The molecule has 0 radical (unpaired) electrons. The largest absolute Gasteiger partial charge is 1.00 e. The number of aromatic carboxylic acids is 1. The van der Waals surface area contributed by atoms with Crippen LogP contribution in [0.5, 0.6) is 5.75 Å². The van der Waals surface area contributed by atoms with Gasteiger partial charge < -0.3 is 20.3 Å². The molecule has 0 fully saturated rings. The molecule has 17 heavy (non-hydrogen) atoms. The molecule has 1 rings (SSSR count). The van der Waals surface area contributed by atoms with E-state index in [1.54, 1.807) is 0 Å². The van der Waals surface area contributed by atoms with Gasteiger partial charge >= 0.3 is 29.6 Å². The van der Waals surface area contributed by atoms with Crippen molar-refractivity contribution < 1.29 is 49.4 Å². The van der Waals surface area contributed by atoms with Crippen molar-refractivity contribution in [3.8, 4) is 5.75 Å². The number of carboxylic acid groups (broad SMARTS) is 1. The molecule has 1 amide bonds. The van der Waals surface area contributed by atoms with Gasteiger partial charge in [0.25, 0.3) is 5.91 Å². The molecule has 1 aromatic carbocycles. The van der Waals surface area contributed by atoms with Gasteiger partial charge in [-0.05, 0) is 19.1 Å². The van der Waals surface area contributed by atoms with Gasteiger partial charge in [-0.1, -0.05) is 6.58 Å². The average molecular weight is 243 g/mol. The minimum atomic E-state index is -1.48. The molecular formula is C11H10NNaO4. The summed E-state index contributed by atoms with van der Waals surface area (Å²) in [4.78, 5) is 21.7. The Morgan fingerprint density at radius 2 is 2.00 bits per heavy atom. The number of nitrogens with one attached hydrogen (secondary N) is 1. The van der Waals surface area contributed by atoms with Crippen molar-refractivity contribution in [1.29, 1.82) is 0 Å². The van der Waals surface area contributed by atoms with E-state index in [9.17, 15) is 19.8 Å². The summed E-state index contributed by atoms with van der Waals surface area (Å²) in [5.74, 6) is -2.34. The van der Waals surface area contributed by atoms with E-state index >= 15 is 0 Å². The summed E-state index contributed by atoms with van der Waals surface area (Å²) in [5, 5.41) is 22.2. The van der Waals surface area contributed by atoms with Gasteiger partial charge in [-0.2, -0.15) is 0 Å². The molecule has 0 aromatic heterocycles. The van der Waals surface area contributed by atoms with E-state index in [4.69, 9.17) is 0 Å². The molecule has 84 valence electrons. The zero-order valence-corrected chi connectivity index (χ0v) is 11.6. The summed E-state index contributed by atoms with van der Waals surface area (Å²) >= 11 is 0. The van der Waals surface area contributed by atoms with Crippen LogP contribution in [0.1, 0.15) is 17.3 Å². The second kappa shape index (κ2) is 6.44. The second-order valence-electron chi connectivity index (χ2n) is 3.25. The van der Waals surface area contributed by atoms with E-state index in [2.05, 4.69) is 11.9 Å². The minimum Gasteiger partial charge on any atom is -0.545 e. The van der Waals surface area contributed by atoms with Crippen LogP contribution in [-0.4, -0.2) is 17.0 Å².